The van der Waals surface area contributed by atoms with Gasteiger partial charge in [-0.15, -0.1) is 11.3 Å². The largest absolute Gasteiger partial charge is 0.383 e. The molecule has 2 amide bonds. The number of piperazine rings is 1. The summed E-state index contributed by atoms with van der Waals surface area (Å²) in [4.78, 5) is 32.6. The number of aryl methyl sites for hydroxylation is 1. The molecule has 0 bridgehead atoms. The third kappa shape index (κ3) is 7.74. The van der Waals surface area contributed by atoms with Gasteiger partial charge in [0, 0.05) is 50.4 Å². The van der Waals surface area contributed by atoms with E-state index in [-0.39, 0.29) is 11.8 Å². The maximum Gasteiger partial charge on any atom is 0.238 e. The van der Waals surface area contributed by atoms with Gasteiger partial charge in [-0.3, -0.25) is 19.4 Å². The standard InChI is InChI=1S/C23H32N4O3S/c1-19-5-7-20(8-6-19)24-22(28)17-25-9-11-26(12-10-25)18-23(29)27(13-14-30-2)16-21-4-3-15-31-21/h3-8,15H,9-14,16-18H2,1-2H3,(H,24,28). The number of nitrogens with one attached hydrogen (secondary N) is 1. The van der Waals surface area contributed by atoms with Gasteiger partial charge in [0.15, 0.2) is 0 Å². The number of anilines is 1. The minimum Gasteiger partial charge on any atom is -0.383 e. The van der Waals surface area contributed by atoms with Crippen molar-refractivity contribution in [1.29, 1.82) is 0 Å². The zero-order chi connectivity index (χ0) is 22.1. The summed E-state index contributed by atoms with van der Waals surface area (Å²) in [7, 11) is 1.65. The Hall–Kier alpha value is -2.26. The molecule has 7 nitrogen and oxygen atoms in total. The Balaban J connectivity index is 1.42. The molecule has 0 unspecified atom stereocenters. The van der Waals surface area contributed by atoms with Gasteiger partial charge in [-0.05, 0) is 30.5 Å². The Labute approximate surface area is 188 Å². The van der Waals surface area contributed by atoms with Crippen LogP contribution in [0.4, 0.5) is 5.69 Å². The second kappa shape index (κ2) is 12.0. The van der Waals surface area contributed by atoms with Crippen molar-refractivity contribution in [2.45, 2.75) is 13.5 Å². The van der Waals surface area contributed by atoms with Crippen LogP contribution in [0.5, 0.6) is 0 Å². The van der Waals surface area contributed by atoms with Crippen LogP contribution < -0.4 is 5.32 Å². The molecule has 8 heteroatoms. The van der Waals surface area contributed by atoms with Crippen LogP contribution in [0.3, 0.4) is 0 Å². The van der Waals surface area contributed by atoms with E-state index in [2.05, 4.69) is 21.2 Å². The second-order valence-electron chi connectivity index (χ2n) is 7.85. The van der Waals surface area contributed by atoms with Crippen molar-refractivity contribution < 1.29 is 14.3 Å². The number of rotatable bonds is 10. The average molecular weight is 445 g/mol. The van der Waals surface area contributed by atoms with E-state index < -0.39 is 0 Å². The summed E-state index contributed by atoms with van der Waals surface area (Å²) in [6.07, 6.45) is 0. The van der Waals surface area contributed by atoms with E-state index in [9.17, 15) is 9.59 Å². The first-order valence-electron chi connectivity index (χ1n) is 10.6. The molecule has 2 aromatic rings. The maximum atomic E-state index is 12.9. The molecule has 1 aromatic heterocycles. The van der Waals surface area contributed by atoms with Crippen LogP contribution in [0.25, 0.3) is 0 Å². The number of hydrogen-bond donors (Lipinski definition) is 1. The molecular formula is C23H32N4O3S. The van der Waals surface area contributed by atoms with Crippen molar-refractivity contribution in [3.63, 3.8) is 0 Å². The van der Waals surface area contributed by atoms with Crippen molar-refractivity contribution >= 4 is 28.8 Å². The van der Waals surface area contributed by atoms with E-state index in [1.807, 2.05) is 47.5 Å². The first-order valence-corrected chi connectivity index (χ1v) is 11.5. The number of amides is 2. The lowest BCUT2D eigenvalue weighted by Gasteiger charge is -2.35. The van der Waals surface area contributed by atoms with Crippen LogP contribution >= 0.6 is 11.3 Å². The summed E-state index contributed by atoms with van der Waals surface area (Å²) in [5.41, 5.74) is 1.99. The number of methoxy groups -OCH3 is 1. The molecule has 1 aliphatic rings. The van der Waals surface area contributed by atoms with E-state index in [1.165, 1.54) is 10.4 Å². The van der Waals surface area contributed by atoms with Gasteiger partial charge < -0.3 is 15.0 Å². The zero-order valence-electron chi connectivity index (χ0n) is 18.4. The predicted molar refractivity (Wildman–Crippen MR) is 124 cm³/mol. The highest BCUT2D eigenvalue weighted by molar-refractivity contribution is 7.09. The monoisotopic (exact) mass is 444 g/mol. The lowest BCUT2D eigenvalue weighted by Crippen LogP contribution is -2.51. The van der Waals surface area contributed by atoms with Crippen molar-refractivity contribution in [2.24, 2.45) is 0 Å². The van der Waals surface area contributed by atoms with Gasteiger partial charge >= 0.3 is 0 Å². The first-order chi connectivity index (χ1) is 15.0. The average Bonchev–Trinajstić information content (AvgIpc) is 3.27. The van der Waals surface area contributed by atoms with Gasteiger partial charge in [-0.2, -0.15) is 0 Å². The highest BCUT2D eigenvalue weighted by Gasteiger charge is 2.23. The third-order valence-electron chi connectivity index (χ3n) is 5.37. The lowest BCUT2D eigenvalue weighted by atomic mass is 10.2. The Morgan fingerprint density at radius 3 is 2.35 bits per heavy atom. The van der Waals surface area contributed by atoms with Gasteiger partial charge in [-0.1, -0.05) is 23.8 Å². The van der Waals surface area contributed by atoms with Gasteiger partial charge in [0.2, 0.25) is 11.8 Å². The number of carbonyl (C=O) groups excluding carboxylic acids is 2. The highest BCUT2D eigenvalue weighted by atomic mass is 32.1. The first kappa shape index (κ1) is 23.4. The van der Waals surface area contributed by atoms with E-state index in [4.69, 9.17) is 4.74 Å². The van der Waals surface area contributed by atoms with Gasteiger partial charge in [0.1, 0.15) is 0 Å². The third-order valence-corrected chi connectivity index (χ3v) is 6.23. The Kier molecular flexibility index (Phi) is 9.02. The number of nitrogens with zero attached hydrogens (tertiary/aromatic N) is 3. The van der Waals surface area contributed by atoms with Crippen LogP contribution in [0.15, 0.2) is 41.8 Å². The van der Waals surface area contributed by atoms with Gasteiger partial charge in [-0.25, -0.2) is 0 Å². The zero-order valence-corrected chi connectivity index (χ0v) is 19.2. The Bertz CT molecular complexity index is 818. The fraction of sp³-hybridized carbons (Fsp3) is 0.478. The molecule has 1 aromatic carbocycles. The van der Waals surface area contributed by atoms with Gasteiger partial charge in [0.05, 0.1) is 26.2 Å². The molecule has 0 saturated carbocycles. The topological polar surface area (TPSA) is 65.1 Å². The minimum atomic E-state index is -0.00457. The van der Waals surface area contributed by atoms with E-state index in [0.29, 0.717) is 32.8 Å². The molecule has 31 heavy (non-hydrogen) atoms. The van der Waals surface area contributed by atoms with Gasteiger partial charge in [0.25, 0.3) is 0 Å². The molecule has 1 fully saturated rings. The van der Waals surface area contributed by atoms with Crippen molar-refractivity contribution in [3.05, 3.63) is 52.2 Å². The molecule has 0 aliphatic carbocycles. The summed E-state index contributed by atoms with van der Waals surface area (Å²) in [5.74, 6) is 0.117. The number of benzene rings is 1. The van der Waals surface area contributed by atoms with Crippen LogP contribution in [-0.2, 0) is 20.9 Å². The molecular weight excluding hydrogens is 412 g/mol. The molecule has 2 heterocycles. The van der Waals surface area contributed by atoms with Crippen LogP contribution in [-0.4, -0.2) is 86.0 Å². The Morgan fingerprint density at radius 2 is 1.74 bits per heavy atom. The second-order valence-corrected chi connectivity index (χ2v) is 8.89. The predicted octanol–water partition coefficient (Wildman–Crippen LogP) is 2.29. The molecule has 1 N–H and O–H groups in total. The van der Waals surface area contributed by atoms with E-state index in [0.717, 1.165) is 31.9 Å². The summed E-state index contributed by atoms with van der Waals surface area (Å²) in [6, 6.07) is 11.9. The lowest BCUT2D eigenvalue weighted by molar-refractivity contribution is -0.134. The maximum absolute atomic E-state index is 12.9. The van der Waals surface area contributed by atoms with E-state index >= 15 is 0 Å². The molecule has 168 valence electrons. The van der Waals surface area contributed by atoms with Crippen LogP contribution in [0.2, 0.25) is 0 Å². The Morgan fingerprint density at radius 1 is 1.06 bits per heavy atom. The highest BCUT2D eigenvalue weighted by Crippen LogP contribution is 2.13. The summed E-state index contributed by atoms with van der Waals surface area (Å²) in [5, 5.41) is 4.98. The minimum absolute atomic E-state index is 0.00457. The number of carbonyl (C=O) groups is 2. The molecule has 0 atom stereocenters. The normalized spacial score (nSPS) is 15.0. The molecule has 1 saturated heterocycles. The molecule has 0 spiro atoms. The number of hydrogen-bond acceptors (Lipinski definition) is 6. The summed E-state index contributed by atoms with van der Waals surface area (Å²) in [6.45, 7) is 7.64. The smallest absolute Gasteiger partial charge is 0.238 e. The van der Waals surface area contributed by atoms with Crippen molar-refractivity contribution in [3.8, 4) is 0 Å². The SMILES string of the molecule is COCCN(Cc1cccs1)C(=O)CN1CCN(CC(=O)Nc2ccc(C)cc2)CC1. The molecule has 3 rings (SSSR count). The molecule has 0 radical (unpaired) electrons. The van der Waals surface area contributed by atoms with E-state index in [1.54, 1.807) is 18.4 Å². The van der Waals surface area contributed by atoms with Crippen molar-refractivity contribution in [2.75, 3.05) is 64.8 Å². The molecule has 1 aliphatic heterocycles. The van der Waals surface area contributed by atoms with Crippen LogP contribution in [0, 0.1) is 6.92 Å². The quantitative estimate of drug-likeness (QED) is 0.609. The number of thiophene rings is 1. The summed E-state index contributed by atoms with van der Waals surface area (Å²) < 4.78 is 5.18. The van der Waals surface area contributed by atoms with Crippen LogP contribution in [0.1, 0.15) is 10.4 Å². The number of ether oxygens (including phenoxy) is 1. The van der Waals surface area contributed by atoms with Crippen molar-refractivity contribution in [1.82, 2.24) is 14.7 Å². The fourth-order valence-electron chi connectivity index (χ4n) is 3.52. The fourth-order valence-corrected chi connectivity index (χ4v) is 4.24. The summed E-state index contributed by atoms with van der Waals surface area (Å²) >= 11 is 1.66.